The lowest BCUT2D eigenvalue weighted by Gasteiger charge is -2.34. The fourth-order valence-electron chi connectivity index (χ4n) is 13.6. The Morgan fingerprint density at radius 1 is 0.191 bits per heavy atom. The second-order valence-electron chi connectivity index (χ2n) is 29.0. The lowest BCUT2D eigenvalue weighted by molar-refractivity contribution is 0.590. The highest BCUT2D eigenvalue weighted by atomic mass is 14.5. The highest BCUT2D eigenvalue weighted by molar-refractivity contribution is 5.97. The molecule has 0 heterocycles. The monoisotopic (exact) mass is 1150 g/mol. The normalized spacial score (nSPS) is 13.0. The predicted molar refractivity (Wildman–Crippen MR) is 382 cm³/mol. The minimum Gasteiger partial charge on any atom is -0.0622 e. The van der Waals surface area contributed by atoms with Gasteiger partial charge in [-0.3, -0.25) is 0 Å². The van der Waals surface area contributed by atoms with Crippen molar-refractivity contribution in [3.05, 3.63) is 324 Å². The van der Waals surface area contributed by atoms with E-state index in [-0.39, 0.29) is 21.7 Å². The summed E-state index contributed by atoms with van der Waals surface area (Å²) in [5, 5.41) is 0. The van der Waals surface area contributed by atoms with Gasteiger partial charge in [-0.05, 0) is 221 Å². The lowest BCUT2D eigenvalue weighted by atomic mass is 9.66. The van der Waals surface area contributed by atoms with Crippen molar-refractivity contribution in [2.24, 2.45) is 0 Å². The smallest absolute Gasteiger partial charge is 0.0622 e. The van der Waals surface area contributed by atoms with Gasteiger partial charge in [0.25, 0.3) is 0 Å². The molecule has 0 saturated carbocycles. The van der Waals surface area contributed by atoms with Crippen LogP contribution in [0, 0.1) is 0 Å². The Morgan fingerprint density at radius 2 is 0.461 bits per heavy atom. The van der Waals surface area contributed by atoms with Crippen molar-refractivity contribution in [3.63, 3.8) is 0 Å². The maximum atomic E-state index is 2.51. The molecule has 1 aliphatic rings. The lowest BCUT2D eigenvalue weighted by Crippen LogP contribution is -2.28. The molecule has 1 aliphatic carbocycles. The average Bonchev–Trinajstić information content (AvgIpc) is 1.59. The summed E-state index contributed by atoms with van der Waals surface area (Å²) in [6.45, 7) is 27.5. The van der Waals surface area contributed by atoms with Crippen molar-refractivity contribution in [2.75, 3.05) is 0 Å². The van der Waals surface area contributed by atoms with Crippen molar-refractivity contribution in [1.29, 1.82) is 0 Å². The van der Waals surface area contributed by atoms with Crippen molar-refractivity contribution in [3.8, 4) is 100 Å². The van der Waals surface area contributed by atoms with E-state index in [9.17, 15) is 0 Å². The third-order valence-corrected chi connectivity index (χ3v) is 18.8. The summed E-state index contributed by atoms with van der Waals surface area (Å²) in [6, 6.07) is 107. The summed E-state index contributed by atoms with van der Waals surface area (Å²) in [6.07, 6.45) is 0. The van der Waals surface area contributed by atoms with Crippen LogP contribution in [-0.2, 0) is 27.1 Å². The molecule has 438 valence electrons. The van der Waals surface area contributed by atoms with Crippen LogP contribution in [0.3, 0.4) is 0 Å². The van der Waals surface area contributed by atoms with Crippen LogP contribution in [0.2, 0.25) is 0 Å². The fraction of sp³-hybridized carbons (Fsp3) is 0.191. The zero-order valence-corrected chi connectivity index (χ0v) is 54.1. The van der Waals surface area contributed by atoms with Crippen molar-refractivity contribution in [1.82, 2.24) is 0 Å². The Bertz CT molecular complexity index is 4200. The molecule has 0 amide bonds. The first-order valence-corrected chi connectivity index (χ1v) is 31.9. The Kier molecular flexibility index (Phi) is 14.9. The molecular formula is C89H82. The molecule has 0 aromatic heterocycles. The first kappa shape index (κ1) is 58.6. The van der Waals surface area contributed by atoms with E-state index in [0.717, 1.165) is 0 Å². The third-order valence-electron chi connectivity index (χ3n) is 18.8. The predicted octanol–water partition coefficient (Wildman–Crippen LogP) is 24.6. The molecule has 0 unspecified atom stereocenters. The van der Waals surface area contributed by atoms with Gasteiger partial charge in [0.2, 0.25) is 0 Å². The molecule has 0 radical (unpaired) electrons. The van der Waals surface area contributed by atoms with Gasteiger partial charge in [0.15, 0.2) is 0 Å². The quantitative estimate of drug-likeness (QED) is 0.128. The van der Waals surface area contributed by atoms with Gasteiger partial charge < -0.3 is 0 Å². The molecule has 13 rings (SSSR count). The maximum absolute atomic E-state index is 2.51. The van der Waals surface area contributed by atoms with Gasteiger partial charge in [0, 0.05) is 0 Å². The van der Waals surface area contributed by atoms with Crippen LogP contribution in [0.5, 0.6) is 0 Å². The maximum Gasteiger partial charge on any atom is 0.0714 e. The number of rotatable bonds is 10. The highest BCUT2D eigenvalue weighted by Crippen LogP contribution is 2.59. The van der Waals surface area contributed by atoms with E-state index in [0.29, 0.717) is 0 Å². The zero-order chi connectivity index (χ0) is 62.0. The van der Waals surface area contributed by atoms with E-state index in [1.807, 2.05) is 0 Å². The van der Waals surface area contributed by atoms with Gasteiger partial charge in [-0.25, -0.2) is 0 Å². The minimum absolute atomic E-state index is 0.0471. The average molecular weight is 1150 g/mol. The Morgan fingerprint density at radius 3 is 0.854 bits per heavy atom. The highest BCUT2D eigenvalue weighted by Gasteiger charge is 2.47. The molecule has 0 aliphatic heterocycles. The van der Waals surface area contributed by atoms with Gasteiger partial charge in [0.05, 0.1) is 5.41 Å². The summed E-state index contributed by atoms with van der Waals surface area (Å²) in [5.74, 6) is 0. The van der Waals surface area contributed by atoms with Crippen LogP contribution >= 0.6 is 0 Å². The molecule has 0 nitrogen and oxygen atoms in total. The van der Waals surface area contributed by atoms with Crippen LogP contribution in [0.15, 0.2) is 279 Å². The Labute approximate surface area is 530 Å². The van der Waals surface area contributed by atoms with E-state index >= 15 is 0 Å². The number of hydrogen-bond acceptors (Lipinski definition) is 0. The molecule has 12 aromatic rings. The molecule has 0 spiro atoms. The molecular weight excluding hydrogens is 1070 g/mol. The first-order chi connectivity index (χ1) is 42.6. The second kappa shape index (κ2) is 22.7. The Balaban J connectivity index is 1.04. The van der Waals surface area contributed by atoms with Gasteiger partial charge in [-0.2, -0.15) is 0 Å². The third kappa shape index (κ3) is 11.4. The van der Waals surface area contributed by atoms with E-state index in [1.165, 1.54) is 145 Å². The second-order valence-corrected chi connectivity index (χ2v) is 29.0. The van der Waals surface area contributed by atoms with Crippen LogP contribution < -0.4 is 0 Å². The first-order valence-electron chi connectivity index (χ1n) is 31.9. The summed E-state index contributed by atoms with van der Waals surface area (Å²) in [5.41, 5.74) is 31.4. The van der Waals surface area contributed by atoms with Crippen molar-refractivity contribution >= 4 is 0 Å². The molecule has 89 heavy (non-hydrogen) atoms. The van der Waals surface area contributed by atoms with Crippen molar-refractivity contribution < 1.29 is 0 Å². The van der Waals surface area contributed by atoms with Gasteiger partial charge in [-0.1, -0.05) is 308 Å². The Hall–Kier alpha value is -9.36. The number of benzene rings is 12. The summed E-state index contributed by atoms with van der Waals surface area (Å²) >= 11 is 0. The summed E-state index contributed by atoms with van der Waals surface area (Å²) in [7, 11) is 0. The van der Waals surface area contributed by atoms with E-state index in [1.54, 1.807) is 0 Å². The topological polar surface area (TPSA) is 0 Å². The summed E-state index contributed by atoms with van der Waals surface area (Å²) < 4.78 is 0. The van der Waals surface area contributed by atoms with E-state index in [2.05, 4.69) is 362 Å². The molecule has 0 saturated heterocycles. The van der Waals surface area contributed by atoms with Gasteiger partial charge in [-0.15, -0.1) is 0 Å². The van der Waals surface area contributed by atoms with E-state index < -0.39 is 5.41 Å². The minimum atomic E-state index is -0.733. The molecule has 0 N–H and O–H groups in total. The summed E-state index contributed by atoms with van der Waals surface area (Å²) in [4.78, 5) is 0. The fourth-order valence-corrected chi connectivity index (χ4v) is 13.6. The standard InChI is InChI=1S/C89H82/c1-85(2,3)74-42-34-60(35-43-74)68-51-69(61-36-44-75(45-37-61)86(4,5)6)54-72(53-68)65-25-19-28-78(57-65)89(82-32-17-16-30-81(82)84-80(31-21-33-83(84)89)67-27-18-24-64(50-67)59-22-14-13-15-23-59)79-29-20-26-66(58-79)73-55-70(62-38-46-76(47-39-62)87(7,8)9)52-71(56-73)63-40-48-77(49-41-63)88(10,11)12/h13-58H,1-12H3. The van der Waals surface area contributed by atoms with Crippen molar-refractivity contribution in [2.45, 2.75) is 110 Å². The molecule has 0 fully saturated rings. The SMILES string of the molecule is CC(C)(C)c1ccc(-c2cc(-c3ccc(C(C)(C)C)cc3)cc(-c3cccc(C4(c5cccc(-c6cc(-c7ccc(C(C)(C)C)cc7)cc(-c7ccc(C(C)(C)C)cc7)c6)c5)c5ccccc5-c5c(-c6cccc(-c7ccccc7)c6)cccc54)c3)c2)cc1. The van der Waals surface area contributed by atoms with Crippen LogP contribution in [0.25, 0.3) is 100 Å². The zero-order valence-electron chi connectivity index (χ0n) is 54.1. The van der Waals surface area contributed by atoms with Gasteiger partial charge in [0.1, 0.15) is 0 Å². The molecule has 0 atom stereocenters. The molecule has 0 bridgehead atoms. The van der Waals surface area contributed by atoms with Crippen LogP contribution in [-0.4, -0.2) is 0 Å². The largest absolute Gasteiger partial charge is 0.0714 e. The molecule has 0 heteroatoms. The van der Waals surface area contributed by atoms with Crippen LogP contribution in [0.4, 0.5) is 0 Å². The molecule has 12 aromatic carbocycles. The van der Waals surface area contributed by atoms with Crippen LogP contribution in [0.1, 0.15) is 128 Å². The number of hydrogen-bond donors (Lipinski definition) is 0. The van der Waals surface area contributed by atoms with E-state index in [4.69, 9.17) is 0 Å². The van der Waals surface area contributed by atoms with Gasteiger partial charge >= 0.3 is 0 Å². The number of fused-ring (bicyclic) bond motifs is 3.